The fourth-order valence-corrected chi connectivity index (χ4v) is 3.36. The van der Waals surface area contributed by atoms with E-state index < -0.39 is 0 Å². The van der Waals surface area contributed by atoms with Gasteiger partial charge < -0.3 is 16.0 Å². The smallest absolute Gasteiger partial charge is 0.251 e. The van der Waals surface area contributed by atoms with Crippen LogP contribution in [0, 0.1) is 5.82 Å². The van der Waals surface area contributed by atoms with E-state index in [-0.39, 0.29) is 54.1 Å². The van der Waals surface area contributed by atoms with E-state index in [9.17, 15) is 14.0 Å². The monoisotopic (exact) mass is 433 g/mol. The van der Waals surface area contributed by atoms with E-state index >= 15 is 0 Å². The fraction of sp³-hybridized carbons (Fsp3) is 0.391. The third kappa shape index (κ3) is 5.80. The van der Waals surface area contributed by atoms with Crippen molar-refractivity contribution in [2.24, 2.45) is 0 Å². The van der Waals surface area contributed by atoms with Crippen molar-refractivity contribution in [2.45, 2.75) is 45.6 Å². The Morgan fingerprint density at radius 1 is 1.10 bits per heavy atom. The second-order valence-electron chi connectivity index (χ2n) is 8.37. The van der Waals surface area contributed by atoms with Crippen LogP contribution in [-0.2, 0) is 23.2 Å². The number of hydrogen-bond acceptors (Lipinski definition) is 3. The average Bonchev–Trinajstić information content (AvgIpc) is 2.69. The maximum atomic E-state index is 14.6. The molecule has 0 saturated heterocycles. The summed E-state index contributed by atoms with van der Waals surface area (Å²) in [6, 6.07) is 10.9. The van der Waals surface area contributed by atoms with Crippen LogP contribution in [0.4, 0.5) is 10.1 Å². The molecule has 0 radical (unpaired) electrons. The van der Waals surface area contributed by atoms with Crippen LogP contribution in [-0.4, -0.2) is 24.9 Å². The molecule has 7 heteroatoms. The number of amides is 2. The second-order valence-corrected chi connectivity index (χ2v) is 8.37. The molecule has 0 unspecified atom stereocenters. The maximum Gasteiger partial charge on any atom is 0.251 e. The third-order valence-corrected chi connectivity index (χ3v) is 5.13. The summed E-state index contributed by atoms with van der Waals surface area (Å²) >= 11 is 0. The molecule has 0 aromatic heterocycles. The van der Waals surface area contributed by atoms with Crippen molar-refractivity contribution in [1.82, 2.24) is 10.6 Å². The van der Waals surface area contributed by atoms with Gasteiger partial charge in [-0.25, -0.2) is 4.39 Å². The predicted molar refractivity (Wildman–Crippen MR) is 120 cm³/mol. The average molecular weight is 434 g/mol. The first-order valence-electron chi connectivity index (χ1n) is 9.95. The fourth-order valence-electron chi connectivity index (χ4n) is 3.36. The van der Waals surface area contributed by atoms with Gasteiger partial charge in [-0.05, 0) is 53.3 Å². The molecule has 1 aliphatic heterocycles. The zero-order chi connectivity index (χ0) is 21.0. The summed E-state index contributed by atoms with van der Waals surface area (Å²) in [6.07, 6.45) is 0.679. The van der Waals surface area contributed by atoms with Crippen molar-refractivity contribution in [1.29, 1.82) is 0 Å². The maximum absolute atomic E-state index is 14.6. The number of hydrogen-bond donors (Lipinski definition) is 3. The number of anilines is 1. The molecule has 3 rings (SSSR count). The molecule has 0 aliphatic carbocycles. The molecule has 1 heterocycles. The lowest BCUT2D eigenvalue weighted by Gasteiger charge is -2.19. The standard InChI is InChI=1S/C23H28FN3O2.ClH/c1-23(2,3)17-7-4-15(5-8-17)22(29)26-13-11-20(28)27-19-9-6-16-14-25-12-10-18(16)21(19)24;/h4-9,25H,10-14H2,1-3H3,(H,26,29)(H,27,28);1H. The SMILES string of the molecule is CC(C)(C)c1ccc(C(=O)NCCC(=O)Nc2ccc3c(c2F)CCNC3)cc1.Cl. The van der Waals surface area contributed by atoms with Crippen molar-refractivity contribution in [2.75, 3.05) is 18.4 Å². The molecule has 2 amide bonds. The second kappa shape index (κ2) is 10.0. The van der Waals surface area contributed by atoms with Gasteiger partial charge in [0.05, 0.1) is 5.69 Å². The van der Waals surface area contributed by atoms with Crippen LogP contribution in [0.15, 0.2) is 36.4 Å². The Labute approximate surface area is 183 Å². The molecule has 0 atom stereocenters. The molecule has 2 aromatic rings. The van der Waals surface area contributed by atoms with Gasteiger partial charge in [0.2, 0.25) is 5.91 Å². The van der Waals surface area contributed by atoms with Crippen molar-refractivity contribution >= 4 is 29.9 Å². The third-order valence-electron chi connectivity index (χ3n) is 5.13. The van der Waals surface area contributed by atoms with Gasteiger partial charge in [0.1, 0.15) is 5.82 Å². The Balaban J connectivity index is 0.00000320. The molecule has 0 spiro atoms. The highest BCUT2D eigenvalue weighted by Gasteiger charge is 2.18. The number of halogens is 2. The van der Waals surface area contributed by atoms with Crippen LogP contribution in [0.25, 0.3) is 0 Å². The summed E-state index contributed by atoms with van der Waals surface area (Å²) in [5, 5.41) is 8.55. The lowest BCUT2D eigenvalue weighted by Crippen LogP contribution is -2.28. The lowest BCUT2D eigenvalue weighted by atomic mass is 9.87. The van der Waals surface area contributed by atoms with Crippen LogP contribution < -0.4 is 16.0 Å². The summed E-state index contributed by atoms with van der Waals surface area (Å²) in [5.74, 6) is -0.924. The lowest BCUT2D eigenvalue weighted by molar-refractivity contribution is -0.116. The molecule has 3 N–H and O–H groups in total. The summed E-state index contributed by atoms with van der Waals surface area (Å²) in [6.45, 7) is 7.89. The minimum Gasteiger partial charge on any atom is -0.352 e. The number of fused-ring (bicyclic) bond motifs is 1. The molecule has 2 aromatic carbocycles. The molecule has 162 valence electrons. The van der Waals surface area contributed by atoms with Crippen molar-refractivity contribution in [3.8, 4) is 0 Å². The van der Waals surface area contributed by atoms with Crippen LogP contribution in [0.1, 0.15) is 54.2 Å². The molecular formula is C23H29ClFN3O2. The van der Waals surface area contributed by atoms with Crippen LogP contribution in [0.2, 0.25) is 0 Å². The van der Waals surface area contributed by atoms with E-state index in [4.69, 9.17) is 0 Å². The minimum atomic E-state index is -0.361. The van der Waals surface area contributed by atoms with E-state index in [1.807, 2.05) is 18.2 Å². The van der Waals surface area contributed by atoms with Gasteiger partial charge in [0.25, 0.3) is 5.91 Å². The van der Waals surface area contributed by atoms with Gasteiger partial charge in [-0.2, -0.15) is 0 Å². The summed E-state index contributed by atoms with van der Waals surface area (Å²) in [5.41, 5.74) is 3.50. The normalized spacial score (nSPS) is 13.1. The highest BCUT2D eigenvalue weighted by atomic mass is 35.5. The first kappa shape index (κ1) is 23.8. The number of nitrogens with one attached hydrogen (secondary N) is 3. The molecular weight excluding hydrogens is 405 g/mol. The topological polar surface area (TPSA) is 70.2 Å². The van der Waals surface area contributed by atoms with Gasteiger partial charge in [0.15, 0.2) is 0 Å². The Hall–Kier alpha value is -2.44. The van der Waals surface area contributed by atoms with Crippen molar-refractivity contribution < 1.29 is 14.0 Å². The van der Waals surface area contributed by atoms with Crippen molar-refractivity contribution in [3.63, 3.8) is 0 Å². The van der Waals surface area contributed by atoms with E-state index in [1.165, 1.54) is 0 Å². The Morgan fingerprint density at radius 2 is 1.80 bits per heavy atom. The quantitative estimate of drug-likeness (QED) is 0.668. The summed E-state index contributed by atoms with van der Waals surface area (Å²) < 4.78 is 14.6. The molecule has 30 heavy (non-hydrogen) atoms. The molecule has 1 aliphatic rings. The molecule has 0 fully saturated rings. The van der Waals surface area contributed by atoms with E-state index in [0.717, 1.165) is 17.7 Å². The number of rotatable bonds is 5. The van der Waals surface area contributed by atoms with Gasteiger partial charge in [-0.15, -0.1) is 12.4 Å². The van der Waals surface area contributed by atoms with Crippen molar-refractivity contribution in [3.05, 3.63) is 64.5 Å². The van der Waals surface area contributed by atoms with Gasteiger partial charge in [-0.3, -0.25) is 9.59 Å². The van der Waals surface area contributed by atoms with Crippen LogP contribution in [0.5, 0.6) is 0 Å². The Morgan fingerprint density at radius 3 is 2.47 bits per heavy atom. The van der Waals surface area contributed by atoms with Gasteiger partial charge >= 0.3 is 0 Å². The Bertz CT molecular complexity index is 908. The van der Waals surface area contributed by atoms with E-state index in [1.54, 1.807) is 18.2 Å². The van der Waals surface area contributed by atoms with Crippen LogP contribution in [0.3, 0.4) is 0 Å². The minimum absolute atomic E-state index is 0. The predicted octanol–water partition coefficient (Wildman–Crippen LogP) is 3.95. The van der Waals surface area contributed by atoms with Crippen LogP contribution >= 0.6 is 12.4 Å². The van der Waals surface area contributed by atoms with Gasteiger partial charge in [-0.1, -0.05) is 39.0 Å². The first-order chi connectivity index (χ1) is 13.8. The van der Waals surface area contributed by atoms with Gasteiger partial charge in [0, 0.05) is 25.1 Å². The zero-order valence-electron chi connectivity index (χ0n) is 17.6. The number of benzene rings is 2. The summed E-state index contributed by atoms with van der Waals surface area (Å²) in [4.78, 5) is 24.4. The highest BCUT2D eigenvalue weighted by Crippen LogP contribution is 2.25. The summed E-state index contributed by atoms with van der Waals surface area (Å²) in [7, 11) is 0. The Kier molecular flexibility index (Phi) is 7.98. The van der Waals surface area contributed by atoms with E-state index in [2.05, 4.69) is 36.7 Å². The number of carbonyl (C=O) groups is 2. The molecule has 0 saturated carbocycles. The zero-order valence-corrected chi connectivity index (χ0v) is 18.4. The largest absolute Gasteiger partial charge is 0.352 e. The molecule has 5 nitrogen and oxygen atoms in total. The molecule has 0 bridgehead atoms. The highest BCUT2D eigenvalue weighted by molar-refractivity contribution is 5.95. The van der Waals surface area contributed by atoms with E-state index in [0.29, 0.717) is 24.1 Å². The number of carbonyl (C=O) groups excluding carboxylic acids is 2. The first-order valence-corrected chi connectivity index (χ1v) is 9.95.